The molecule has 0 fully saturated rings. The van der Waals surface area contributed by atoms with Gasteiger partial charge >= 0.3 is 12.2 Å². The van der Waals surface area contributed by atoms with Gasteiger partial charge in [0.1, 0.15) is 5.69 Å². The molecular weight excluding hydrogens is 310 g/mol. The first kappa shape index (κ1) is 15.9. The van der Waals surface area contributed by atoms with Crippen LogP contribution in [0.3, 0.4) is 0 Å². The predicted octanol–water partition coefficient (Wildman–Crippen LogP) is 3.50. The number of nitrogens with zero attached hydrogens (tertiary/aromatic N) is 3. The Labute approximate surface area is 139 Å². The number of anilines is 1. The molecule has 1 aliphatic heterocycles. The average molecular weight is 329 g/mol. The lowest BCUT2D eigenvalue weighted by molar-refractivity contribution is 0.107. The Bertz CT molecular complexity index is 825. The molecule has 2 amide bonds. The smallest absolute Gasteiger partial charge is 0.434 e. The summed E-state index contributed by atoms with van der Waals surface area (Å²) in [7, 11) is 1.91. The number of carbonyl (C=O) groups excluding carboxylic acids is 2. The predicted molar refractivity (Wildman–Crippen MR) is 90.3 cm³/mol. The van der Waals surface area contributed by atoms with Crippen molar-refractivity contribution in [1.82, 2.24) is 9.58 Å². The highest BCUT2D eigenvalue weighted by Gasteiger charge is 2.35. The maximum absolute atomic E-state index is 12.5. The number of amides is 2. The first-order valence-corrected chi connectivity index (χ1v) is 7.78. The molecule has 126 valence electrons. The van der Waals surface area contributed by atoms with Crippen molar-refractivity contribution in [3.05, 3.63) is 36.2 Å². The third kappa shape index (κ3) is 2.38. The van der Waals surface area contributed by atoms with Crippen LogP contribution in [0.15, 0.2) is 30.5 Å². The first-order valence-electron chi connectivity index (χ1n) is 7.78. The van der Waals surface area contributed by atoms with E-state index in [1.165, 1.54) is 11.2 Å². The summed E-state index contributed by atoms with van der Waals surface area (Å²) in [5.74, 6) is 0. The van der Waals surface area contributed by atoms with Crippen molar-refractivity contribution >= 4 is 34.9 Å². The van der Waals surface area contributed by atoms with E-state index in [0.717, 1.165) is 21.6 Å². The fraction of sp³-hybridized carbons (Fsp3) is 0.294. The van der Waals surface area contributed by atoms with Crippen LogP contribution in [-0.4, -0.2) is 35.0 Å². The number of para-hydroxylation sites is 1. The zero-order valence-electron chi connectivity index (χ0n) is 13.9. The standard InChI is InChI=1S/C17H19N3O4/c1-4-23-16(21)19-11-10-14-15(20(19)17(22)24-5-2)12-8-6-7-9-13(12)18(14)3/h6-11H,4-5H2,1-3H3. The highest BCUT2D eigenvalue weighted by Crippen LogP contribution is 2.38. The van der Waals surface area contributed by atoms with Crippen molar-refractivity contribution in [2.45, 2.75) is 13.8 Å². The molecular formula is C17H19N3O4. The summed E-state index contributed by atoms with van der Waals surface area (Å²) in [5, 5.41) is 3.21. The number of hydrogen-bond acceptors (Lipinski definition) is 4. The number of aromatic nitrogens is 1. The van der Waals surface area contributed by atoms with Crippen molar-refractivity contribution in [2.24, 2.45) is 7.05 Å². The Morgan fingerprint density at radius 2 is 1.71 bits per heavy atom. The second-order valence-corrected chi connectivity index (χ2v) is 5.18. The van der Waals surface area contributed by atoms with E-state index in [-0.39, 0.29) is 13.2 Å². The van der Waals surface area contributed by atoms with Gasteiger partial charge in [0.15, 0.2) is 0 Å². The Kier molecular flexibility index (Phi) is 4.16. The molecule has 7 nitrogen and oxygen atoms in total. The van der Waals surface area contributed by atoms with Gasteiger partial charge < -0.3 is 14.0 Å². The zero-order valence-corrected chi connectivity index (χ0v) is 13.9. The van der Waals surface area contributed by atoms with Crippen LogP contribution in [0.1, 0.15) is 19.5 Å². The number of benzene rings is 1. The minimum atomic E-state index is -0.639. The summed E-state index contributed by atoms with van der Waals surface area (Å²) in [5.41, 5.74) is 2.36. The molecule has 0 radical (unpaired) electrons. The quantitative estimate of drug-likeness (QED) is 0.846. The van der Waals surface area contributed by atoms with Gasteiger partial charge in [-0.1, -0.05) is 18.2 Å². The second kappa shape index (κ2) is 6.27. The molecule has 1 aromatic heterocycles. The largest absolute Gasteiger partial charge is 0.448 e. The number of hydrogen-bond donors (Lipinski definition) is 0. The van der Waals surface area contributed by atoms with Gasteiger partial charge in [-0.3, -0.25) is 0 Å². The molecule has 0 N–H and O–H groups in total. The summed E-state index contributed by atoms with van der Waals surface area (Å²) < 4.78 is 12.2. The summed E-state index contributed by atoms with van der Waals surface area (Å²) in [4.78, 5) is 24.8. The van der Waals surface area contributed by atoms with Crippen LogP contribution >= 0.6 is 0 Å². The van der Waals surface area contributed by atoms with Crippen molar-refractivity contribution in [3.8, 4) is 0 Å². The molecule has 0 bridgehead atoms. The van der Waals surface area contributed by atoms with E-state index < -0.39 is 12.2 Å². The lowest BCUT2D eigenvalue weighted by atomic mass is 10.2. The van der Waals surface area contributed by atoms with Crippen LogP contribution in [0.25, 0.3) is 17.0 Å². The van der Waals surface area contributed by atoms with Crippen LogP contribution < -0.4 is 5.01 Å². The summed E-state index contributed by atoms with van der Waals surface area (Å²) in [6, 6.07) is 7.68. The topological polar surface area (TPSA) is 64.0 Å². The highest BCUT2D eigenvalue weighted by atomic mass is 16.6. The molecule has 24 heavy (non-hydrogen) atoms. The van der Waals surface area contributed by atoms with Gasteiger partial charge in [-0.25, -0.2) is 9.59 Å². The van der Waals surface area contributed by atoms with Gasteiger partial charge in [0.05, 0.1) is 24.4 Å². The maximum atomic E-state index is 12.5. The summed E-state index contributed by atoms with van der Waals surface area (Å²) >= 11 is 0. The lowest BCUT2D eigenvalue weighted by Gasteiger charge is -2.33. The SMILES string of the molecule is CCOC(=O)N1C=Cc2c(c3ccccc3n2C)N1C(=O)OCC. The molecule has 3 rings (SSSR count). The minimum absolute atomic E-state index is 0.204. The third-order valence-corrected chi connectivity index (χ3v) is 3.82. The second-order valence-electron chi connectivity index (χ2n) is 5.18. The number of aryl methyl sites for hydroxylation is 1. The van der Waals surface area contributed by atoms with Crippen LogP contribution in [0, 0.1) is 0 Å². The van der Waals surface area contributed by atoms with Crippen molar-refractivity contribution in [2.75, 3.05) is 18.2 Å². The third-order valence-electron chi connectivity index (χ3n) is 3.82. The first-order chi connectivity index (χ1) is 11.6. The maximum Gasteiger partial charge on any atom is 0.434 e. The van der Waals surface area contributed by atoms with Gasteiger partial charge in [-0.15, -0.1) is 0 Å². The van der Waals surface area contributed by atoms with Gasteiger partial charge in [0, 0.05) is 18.6 Å². The van der Waals surface area contributed by atoms with E-state index in [1.54, 1.807) is 19.9 Å². The van der Waals surface area contributed by atoms with E-state index in [9.17, 15) is 9.59 Å². The number of carbonyl (C=O) groups is 2. The zero-order chi connectivity index (χ0) is 17.3. The summed E-state index contributed by atoms with van der Waals surface area (Å²) in [6.07, 6.45) is 2.02. The van der Waals surface area contributed by atoms with Crippen LogP contribution in [0.2, 0.25) is 0 Å². The molecule has 1 aromatic carbocycles. The summed E-state index contributed by atoms with van der Waals surface area (Å²) in [6.45, 7) is 3.85. The van der Waals surface area contributed by atoms with E-state index in [1.807, 2.05) is 35.9 Å². The number of hydrazine groups is 1. The molecule has 0 saturated heterocycles. The van der Waals surface area contributed by atoms with Crippen LogP contribution in [-0.2, 0) is 16.5 Å². The van der Waals surface area contributed by atoms with Crippen molar-refractivity contribution in [1.29, 1.82) is 0 Å². The molecule has 2 aromatic rings. The number of rotatable bonds is 2. The Balaban J connectivity index is 2.19. The van der Waals surface area contributed by atoms with Crippen molar-refractivity contribution < 1.29 is 19.1 Å². The fourth-order valence-electron chi connectivity index (χ4n) is 2.82. The van der Waals surface area contributed by atoms with E-state index in [2.05, 4.69) is 0 Å². The molecule has 0 saturated carbocycles. The van der Waals surface area contributed by atoms with Gasteiger partial charge in [-0.2, -0.15) is 10.0 Å². The van der Waals surface area contributed by atoms with E-state index in [0.29, 0.717) is 5.69 Å². The molecule has 0 atom stereocenters. The number of ether oxygens (including phenoxy) is 2. The monoisotopic (exact) mass is 329 g/mol. The highest BCUT2D eigenvalue weighted by molar-refractivity contribution is 6.07. The molecule has 0 spiro atoms. The molecule has 7 heteroatoms. The van der Waals surface area contributed by atoms with Crippen LogP contribution in [0.4, 0.5) is 15.3 Å². The Hall–Kier alpha value is -2.96. The average Bonchev–Trinajstić information content (AvgIpc) is 2.88. The Morgan fingerprint density at radius 3 is 2.42 bits per heavy atom. The minimum Gasteiger partial charge on any atom is -0.448 e. The van der Waals surface area contributed by atoms with E-state index >= 15 is 0 Å². The van der Waals surface area contributed by atoms with Gasteiger partial charge in [-0.05, 0) is 26.0 Å². The molecule has 0 unspecified atom stereocenters. The van der Waals surface area contributed by atoms with E-state index in [4.69, 9.17) is 9.47 Å². The Morgan fingerprint density at radius 1 is 1.04 bits per heavy atom. The van der Waals surface area contributed by atoms with Gasteiger partial charge in [0.25, 0.3) is 0 Å². The molecule has 0 aliphatic carbocycles. The molecule has 2 heterocycles. The fourth-order valence-corrected chi connectivity index (χ4v) is 2.82. The lowest BCUT2D eigenvalue weighted by Crippen LogP contribution is -2.49. The van der Waals surface area contributed by atoms with Crippen molar-refractivity contribution in [3.63, 3.8) is 0 Å². The number of fused-ring (bicyclic) bond motifs is 3. The normalized spacial score (nSPS) is 13.1. The molecule has 1 aliphatic rings. The van der Waals surface area contributed by atoms with Crippen LogP contribution in [0.5, 0.6) is 0 Å². The van der Waals surface area contributed by atoms with Gasteiger partial charge in [0.2, 0.25) is 0 Å².